The molecule has 1 aromatic heterocycles. The van der Waals surface area contributed by atoms with Crippen LogP contribution in [-0.2, 0) is 6.42 Å². The second-order valence-electron chi connectivity index (χ2n) is 11.1. The molecular formula is C40H32N2O. The van der Waals surface area contributed by atoms with Crippen LogP contribution in [0.1, 0.15) is 45.6 Å². The van der Waals surface area contributed by atoms with Crippen LogP contribution in [0.25, 0.3) is 22.7 Å². The molecule has 4 aromatic carbocycles. The lowest BCUT2D eigenvalue weighted by Gasteiger charge is -2.28. The van der Waals surface area contributed by atoms with Gasteiger partial charge in [-0.3, -0.25) is 4.79 Å². The number of ketones is 1. The number of carbonyl (C=O) groups excluding carboxylic acids is 1. The van der Waals surface area contributed by atoms with Crippen molar-refractivity contribution in [2.24, 2.45) is 0 Å². The summed E-state index contributed by atoms with van der Waals surface area (Å²) in [5, 5.41) is 1.24. The van der Waals surface area contributed by atoms with E-state index in [1.165, 1.54) is 16.5 Å². The third kappa shape index (κ3) is 4.79. The molecule has 1 atom stereocenters. The van der Waals surface area contributed by atoms with Gasteiger partial charge < -0.3 is 9.47 Å². The molecule has 208 valence electrons. The highest BCUT2D eigenvalue weighted by Gasteiger charge is 2.20. The summed E-state index contributed by atoms with van der Waals surface area (Å²) in [6.45, 7) is 6.56. The van der Waals surface area contributed by atoms with E-state index in [1.807, 2.05) is 54.6 Å². The summed E-state index contributed by atoms with van der Waals surface area (Å²) in [5.41, 5.74) is 10.0. The molecule has 0 saturated heterocycles. The van der Waals surface area contributed by atoms with Gasteiger partial charge in [-0.25, -0.2) is 0 Å². The van der Waals surface area contributed by atoms with Crippen molar-refractivity contribution in [1.82, 2.24) is 4.57 Å². The Hall–Kier alpha value is -5.41. The first kappa shape index (κ1) is 26.5. The molecule has 5 aromatic rings. The first-order chi connectivity index (χ1) is 21.1. The van der Waals surface area contributed by atoms with Crippen molar-refractivity contribution in [2.75, 3.05) is 4.90 Å². The normalized spacial score (nSPS) is 17.4. The number of hydrogen-bond acceptors (Lipinski definition) is 2. The van der Waals surface area contributed by atoms with E-state index in [-0.39, 0.29) is 11.7 Å². The van der Waals surface area contributed by atoms with Crippen LogP contribution in [0.15, 0.2) is 152 Å². The monoisotopic (exact) mass is 556 g/mol. The first-order valence-corrected chi connectivity index (χ1v) is 14.7. The first-order valence-electron chi connectivity index (χ1n) is 14.7. The molecule has 0 bridgehead atoms. The van der Waals surface area contributed by atoms with Crippen molar-refractivity contribution in [2.45, 2.75) is 19.3 Å². The molecule has 0 fully saturated rings. The van der Waals surface area contributed by atoms with Crippen molar-refractivity contribution < 1.29 is 4.79 Å². The Kier molecular flexibility index (Phi) is 6.84. The molecule has 3 heteroatoms. The van der Waals surface area contributed by atoms with Crippen LogP contribution in [0.4, 0.5) is 11.4 Å². The topological polar surface area (TPSA) is 25.2 Å². The molecular weight excluding hydrogens is 524 g/mol. The van der Waals surface area contributed by atoms with E-state index in [2.05, 4.69) is 114 Å². The molecule has 0 saturated carbocycles. The number of aromatic nitrogens is 1. The number of nitrogens with zero attached hydrogens (tertiary/aromatic N) is 2. The van der Waals surface area contributed by atoms with E-state index in [0.29, 0.717) is 11.1 Å². The summed E-state index contributed by atoms with van der Waals surface area (Å²) in [6, 6.07) is 32.8. The largest absolute Gasteiger partial charge is 0.311 e. The fraction of sp³-hybridized carbons (Fsp3) is 0.0750. The Morgan fingerprint density at radius 2 is 1.56 bits per heavy atom. The minimum atomic E-state index is -0.00503. The van der Waals surface area contributed by atoms with Gasteiger partial charge in [-0.15, -0.1) is 0 Å². The lowest BCUT2D eigenvalue weighted by Crippen LogP contribution is -2.16. The molecule has 7 rings (SSSR count). The van der Waals surface area contributed by atoms with Gasteiger partial charge in [-0.05, 0) is 78.2 Å². The SMILES string of the molecule is C=C1/C=C\C=C/C(C)c2ccccc2N1c1ccc(C(=O)c2cccc(-n3c4c(c5ccccc53)CC=CC=C4)c2)cc1. The minimum absolute atomic E-state index is 0.00503. The van der Waals surface area contributed by atoms with Gasteiger partial charge >= 0.3 is 0 Å². The number of fused-ring (bicyclic) bond motifs is 4. The molecule has 2 heterocycles. The maximum Gasteiger partial charge on any atom is 0.193 e. The highest BCUT2D eigenvalue weighted by Crippen LogP contribution is 2.37. The predicted octanol–water partition coefficient (Wildman–Crippen LogP) is 9.87. The van der Waals surface area contributed by atoms with Gasteiger partial charge in [0.1, 0.15) is 0 Å². The van der Waals surface area contributed by atoms with Gasteiger partial charge in [-0.2, -0.15) is 0 Å². The molecule has 43 heavy (non-hydrogen) atoms. The van der Waals surface area contributed by atoms with Gasteiger partial charge in [0.2, 0.25) is 0 Å². The molecule has 0 spiro atoms. The average Bonchev–Trinajstić information content (AvgIpc) is 3.19. The quantitative estimate of drug-likeness (QED) is 0.206. The van der Waals surface area contributed by atoms with Gasteiger partial charge in [0.05, 0.1) is 11.2 Å². The predicted molar refractivity (Wildman–Crippen MR) is 179 cm³/mol. The van der Waals surface area contributed by atoms with Crippen LogP contribution in [-0.4, -0.2) is 10.4 Å². The smallest absolute Gasteiger partial charge is 0.193 e. The van der Waals surface area contributed by atoms with E-state index in [1.54, 1.807) is 0 Å². The van der Waals surface area contributed by atoms with Gasteiger partial charge in [0.15, 0.2) is 5.78 Å². The summed E-state index contributed by atoms with van der Waals surface area (Å²) in [4.78, 5) is 16.0. The molecule has 3 nitrogen and oxygen atoms in total. The van der Waals surface area contributed by atoms with Crippen LogP contribution >= 0.6 is 0 Å². The number of carbonyl (C=O) groups is 1. The number of para-hydroxylation sites is 2. The Labute approximate surface area is 252 Å². The maximum absolute atomic E-state index is 13.8. The zero-order valence-corrected chi connectivity index (χ0v) is 24.2. The van der Waals surface area contributed by atoms with Crippen molar-refractivity contribution in [1.29, 1.82) is 0 Å². The van der Waals surface area contributed by atoms with Crippen LogP contribution < -0.4 is 4.90 Å². The molecule has 0 amide bonds. The molecule has 1 aliphatic heterocycles. The zero-order valence-electron chi connectivity index (χ0n) is 24.2. The number of allylic oxidation sites excluding steroid dienone is 7. The van der Waals surface area contributed by atoms with E-state index in [9.17, 15) is 4.79 Å². The molecule has 0 radical (unpaired) electrons. The lowest BCUT2D eigenvalue weighted by molar-refractivity contribution is 0.103. The Bertz CT molecular complexity index is 2000. The molecule has 1 unspecified atom stereocenters. The summed E-state index contributed by atoms with van der Waals surface area (Å²) >= 11 is 0. The van der Waals surface area contributed by atoms with Crippen molar-refractivity contribution in [3.8, 4) is 5.69 Å². The third-order valence-electron chi connectivity index (χ3n) is 8.35. The van der Waals surface area contributed by atoms with E-state index in [4.69, 9.17) is 0 Å². The number of hydrogen-bond donors (Lipinski definition) is 0. The Balaban J connectivity index is 1.24. The number of anilines is 2. The Morgan fingerprint density at radius 1 is 0.767 bits per heavy atom. The second kappa shape index (κ2) is 11.1. The van der Waals surface area contributed by atoms with Crippen molar-refractivity contribution in [3.05, 3.63) is 180 Å². The van der Waals surface area contributed by atoms with E-state index >= 15 is 0 Å². The van der Waals surface area contributed by atoms with E-state index < -0.39 is 0 Å². The fourth-order valence-electron chi connectivity index (χ4n) is 6.23. The molecule has 0 N–H and O–H groups in total. The lowest BCUT2D eigenvalue weighted by atomic mass is 9.97. The van der Waals surface area contributed by atoms with Crippen LogP contribution in [0, 0.1) is 0 Å². The van der Waals surface area contributed by atoms with E-state index in [0.717, 1.165) is 40.4 Å². The number of rotatable bonds is 4. The van der Waals surface area contributed by atoms with Gasteiger partial charge in [0.25, 0.3) is 0 Å². The average molecular weight is 557 g/mol. The summed E-state index contributed by atoms with van der Waals surface area (Å²) in [5.74, 6) is 0.246. The van der Waals surface area contributed by atoms with Crippen LogP contribution in [0.3, 0.4) is 0 Å². The van der Waals surface area contributed by atoms with Crippen molar-refractivity contribution in [3.63, 3.8) is 0 Å². The van der Waals surface area contributed by atoms with Gasteiger partial charge in [-0.1, -0.05) is 98.5 Å². The van der Waals surface area contributed by atoms with Crippen LogP contribution in [0.5, 0.6) is 0 Å². The minimum Gasteiger partial charge on any atom is -0.311 e. The van der Waals surface area contributed by atoms with Gasteiger partial charge in [0, 0.05) is 45.2 Å². The molecule has 1 aliphatic carbocycles. The standard InChI is InChI=1S/C40H32N2O/c1-28-13-6-7-14-29(2)41(37-21-10-8-17-34(28)37)32-25-23-30(24-26-32)40(43)31-15-12-16-33(27-31)42-38-20-5-3-4-18-35(38)36-19-9-11-22-39(36)42/h3-17,19-28H,2,18H2,1H3/b13-6-,14-7-. The Morgan fingerprint density at radius 3 is 2.44 bits per heavy atom. The molecule has 2 aliphatic rings. The summed E-state index contributed by atoms with van der Waals surface area (Å²) in [7, 11) is 0. The third-order valence-corrected chi connectivity index (χ3v) is 8.35. The highest BCUT2D eigenvalue weighted by molar-refractivity contribution is 6.09. The zero-order chi connectivity index (χ0) is 29.3. The van der Waals surface area contributed by atoms with Crippen LogP contribution in [0.2, 0.25) is 0 Å². The summed E-state index contributed by atoms with van der Waals surface area (Å²) in [6.07, 6.45) is 17.7. The van der Waals surface area contributed by atoms with Crippen molar-refractivity contribution >= 4 is 34.1 Å². The summed E-state index contributed by atoms with van der Waals surface area (Å²) < 4.78 is 2.27. The number of benzene rings is 4. The highest BCUT2D eigenvalue weighted by atomic mass is 16.1. The second-order valence-corrected chi connectivity index (χ2v) is 11.1. The maximum atomic E-state index is 13.8. The fourth-order valence-corrected chi connectivity index (χ4v) is 6.23.